The lowest BCUT2D eigenvalue weighted by Crippen LogP contribution is -2.37. The fourth-order valence-corrected chi connectivity index (χ4v) is 3.78. The number of fused-ring (bicyclic) bond motifs is 1. The Kier molecular flexibility index (Phi) is 4.63. The molecule has 2 saturated heterocycles. The molecule has 8 heteroatoms. The summed E-state index contributed by atoms with van der Waals surface area (Å²) in [7, 11) is 1.51. The molecule has 3 rings (SSSR count). The molecule has 0 aromatic heterocycles. The van der Waals surface area contributed by atoms with Crippen LogP contribution in [0.5, 0.6) is 5.75 Å². The number of hydrogen-bond donors (Lipinski definition) is 3. The molecule has 3 unspecified atom stereocenters. The van der Waals surface area contributed by atoms with Crippen LogP contribution in [-0.2, 0) is 9.59 Å². The molecular formula is C17H19FN2O5. The Labute approximate surface area is 143 Å². The van der Waals surface area contributed by atoms with E-state index in [2.05, 4.69) is 5.32 Å². The molecule has 3 N–H and O–H groups in total. The fourth-order valence-electron chi connectivity index (χ4n) is 3.78. The molecule has 1 aromatic rings. The van der Waals surface area contributed by atoms with Crippen molar-refractivity contribution in [3.8, 4) is 5.75 Å². The first kappa shape index (κ1) is 17.2. The average molecular weight is 350 g/mol. The summed E-state index contributed by atoms with van der Waals surface area (Å²) in [6.07, 6.45) is 0.744. The van der Waals surface area contributed by atoms with E-state index in [4.69, 9.17) is 9.84 Å². The van der Waals surface area contributed by atoms with Crippen LogP contribution in [0.2, 0.25) is 0 Å². The SMILES string of the molecule is COc1ccc(F)cc1N1CC2CNC(/C(=C/C(=O)O)C(=O)O)C2C1. The molecule has 134 valence electrons. The number of ether oxygens (including phenoxy) is 1. The van der Waals surface area contributed by atoms with Crippen molar-refractivity contribution >= 4 is 17.6 Å². The Morgan fingerprint density at radius 1 is 1.36 bits per heavy atom. The first-order chi connectivity index (χ1) is 11.9. The van der Waals surface area contributed by atoms with Gasteiger partial charge in [0.1, 0.15) is 11.6 Å². The van der Waals surface area contributed by atoms with E-state index < -0.39 is 18.0 Å². The normalized spacial score (nSPS) is 25.8. The molecule has 1 aromatic carbocycles. The topological polar surface area (TPSA) is 99.1 Å². The lowest BCUT2D eigenvalue weighted by molar-refractivity contribution is -0.135. The summed E-state index contributed by atoms with van der Waals surface area (Å²) in [4.78, 5) is 24.3. The van der Waals surface area contributed by atoms with Crippen LogP contribution >= 0.6 is 0 Å². The predicted octanol–water partition coefficient (Wildman–Crippen LogP) is 0.954. The zero-order valence-corrected chi connectivity index (χ0v) is 13.6. The molecule has 0 bridgehead atoms. The highest BCUT2D eigenvalue weighted by Crippen LogP contribution is 2.39. The van der Waals surface area contributed by atoms with Gasteiger partial charge < -0.3 is 25.2 Å². The van der Waals surface area contributed by atoms with Crippen molar-refractivity contribution in [1.82, 2.24) is 5.32 Å². The summed E-state index contributed by atoms with van der Waals surface area (Å²) >= 11 is 0. The Morgan fingerprint density at radius 3 is 2.76 bits per heavy atom. The highest BCUT2D eigenvalue weighted by molar-refractivity contribution is 5.95. The van der Waals surface area contributed by atoms with Gasteiger partial charge >= 0.3 is 11.9 Å². The number of nitrogens with one attached hydrogen (secondary N) is 1. The van der Waals surface area contributed by atoms with E-state index in [-0.39, 0.29) is 23.2 Å². The molecule has 0 aliphatic carbocycles. The second-order valence-electron chi connectivity index (χ2n) is 6.27. The molecule has 0 amide bonds. The monoisotopic (exact) mass is 350 g/mol. The summed E-state index contributed by atoms with van der Waals surface area (Å²) in [6, 6.07) is 3.72. The van der Waals surface area contributed by atoms with E-state index in [1.54, 1.807) is 6.07 Å². The van der Waals surface area contributed by atoms with Crippen LogP contribution in [0.25, 0.3) is 0 Å². The van der Waals surface area contributed by atoms with E-state index in [0.717, 1.165) is 6.08 Å². The van der Waals surface area contributed by atoms with Gasteiger partial charge in [-0.3, -0.25) is 0 Å². The van der Waals surface area contributed by atoms with Gasteiger partial charge in [-0.2, -0.15) is 0 Å². The molecule has 25 heavy (non-hydrogen) atoms. The third-order valence-corrected chi connectivity index (χ3v) is 4.86. The molecule has 0 radical (unpaired) electrons. The van der Waals surface area contributed by atoms with E-state index in [1.807, 2.05) is 4.90 Å². The highest BCUT2D eigenvalue weighted by atomic mass is 19.1. The minimum absolute atomic E-state index is 0.0744. The van der Waals surface area contributed by atoms with E-state index in [9.17, 15) is 19.1 Å². The van der Waals surface area contributed by atoms with E-state index in [0.29, 0.717) is 31.1 Å². The maximum absolute atomic E-state index is 13.6. The van der Waals surface area contributed by atoms with Crippen molar-refractivity contribution in [3.05, 3.63) is 35.7 Å². The minimum Gasteiger partial charge on any atom is -0.495 e. The number of aliphatic carboxylic acids is 2. The number of anilines is 1. The zero-order valence-electron chi connectivity index (χ0n) is 13.6. The molecule has 7 nitrogen and oxygen atoms in total. The van der Waals surface area contributed by atoms with Crippen LogP contribution in [0.4, 0.5) is 10.1 Å². The highest BCUT2D eigenvalue weighted by Gasteiger charge is 2.45. The maximum atomic E-state index is 13.6. The van der Waals surface area contributed by atoms with Gasteiger partial charge in [-0.25, -0.2) is 14.0 Å². The summed E-state index contributed by atoms with van der Waals surface area (Å²) < 4.78 is 18.9. The van der Waals surface area contributed by atoms with Crippen LogP contribution in [0.3, 0.4) is 0 Å². The van der Waals surface area contributed by atoms with Gasteiger partial charge in [-0.15, -0.1) is 0 Å². The summed E-state index contributed by atoms with van der Waals surface area (Å²) in [5.41, 5.74) is 0.461. The third kappa shape index (κ3) is 3.30. The smallest absolute Gasteiger partial charge is 0.333 e. The quantitative estimate of drug-likeness (QED) is 0.680. The number of carboxylic acid groups (broad SMARTS) is 2. The number of hydrogen-bond acceptors (Lipinski definition) is 5. The number of benzene rings is 1. The molecule has 2 heterocycles. The number of nitrogens with zero attached hydrogens (tertiary/aromatic N) is 1. The molecule has 2 fully saturated rings. The van der Waals surface area contributed by atoms with Crippen molar-refractivity contribution < 1.29 is 28.9 Å². The Bertz CT molecular complexity index is 736. The molecule has 0 saturated carbocycles. The molecule has 2 aliphatic heterocycles. The van der Waals surface area contributed by atoms with Crippen molar-refractivity contribution in [2.75, 3.05) is 31.6 Å². The first-order valence-corrected chi connectivity index (χ1v) is 7.90. The van der Waals surface area contributed by atoms with Gasteiger partial charge in [0.05, 0.1) is 18.4 Å². The lowest BCUT2D eigenvalue weighted by Gasteiger charge is -2.24. The third-order valence-electron chi connectivity index (χ3n) is 4.86. The number of halogens is 1. The molecule has 3 atom stereocenters. The van der Waals surface area contributed by atoms with Gasteiger partial charge in [0.2, 0.25) is 0 Å². The van der Waals surface area contributed by atoms with Crippen molar-refractivity contribution in [2.45, 2.75) is 6.04 Å². The second-order valence-corrected chi connectivity index (χ2v) is 6.27. The van der Waals surface area contributed by atoms with Gasteiger partial charge in [0, 0.05) is 43.7 Å². The Morgan fingerprint density at radius 2 is 2.12 bits per heavy atom. The Balaban J connectivity index is 1.86. The van der Waals surface area contributed by atoms with Gasteiger partial charge in [-0.1, -0.05) is 0 Å². The number of carbonyl (C=O) groups is 2. The molecule has 0 spiro atoms. The predicted molar refractivity (Wildman–Crippen MR) is 87.3 cm³/mol. The van der Waals surface area contributed by atoms with Crippen LogP contribution < -0.4 is 15.0 Å². The average Bonchev–Trinajstić information content (AvgIpc) is 3.12. The summed E-state index contributed by atoms with van der Waals surface area (Å²) in [5.74, 6) is -2.29. The number of rotatable bonds is 5. The van der Waals surface area contributed by atoms with Gasteiger partial charge in [0.25, 0.3) is 0 Å². The van der Waals surface area contributed by atoms with Crippen LogP contribution in [0.15, 0.2) is 29.8 Å². The number of methoxy groups -OCH3 is 1. The summed E-state index contributed by atoms with van der Waals surface area (Å²) in [6.45, 7) is 1.69. The van der Waals surface area contributed by atoms with Crippen molar-refractivity contribution in [3.63, 3.8) is 0 Å². The largest absolute Gasteiger partial charge is 0.495 e. The van der Waals surface area contributed by atoms with Crippen LogP contribution in [0.1, 0.15) is 0 Å². The van der Waals surface area contributed by atoms with Crippen LogP contribution in [-0.4, -0.2) is 54.9 Å². The van der Waals surface area contributed by atoms with Gasteiger partial charge in [0.15, 0.2) is 0 Å². The fraction of sp³-hybridized carbons (Fsp3) is 0.412. The molecule has 2 aliphatic rings. The van der Waals surface area contributed by atoms with E-state index >= 15 is 0 Å². The summed E-state index contributed by atoms with van der Waals surface area (Å²) in [5, 5.41) is 21.4. The van der Waals surface area contributed by atoms with E-state index in [1.165, 1.54) is 19.2 Å². The lowest BCUT2D eigenvalue weighted by atomic mass is 9.89. The van der Waals surface area contributed by atoms with Gasteiger partial charge in [-0.05, 0) is 18.1 Å². The standard InChI is InChI=1S/C17H19FN2O5/c1-25-14-3-2-10(18)4-13(14)20-7-9-6-19-16(12(9)8-20)11(17(23)24)5-15(21)22/h2-5,9,12,16,19H,6-8H2,1H3,(H,21,22)(H,23,24)/b11-5-. The first-order valence-electron chi connectivity index (χ1n) is 7.90. The van der Waals surface area contributed by atoms with Crippen LogP contribution in [0, 0.1) is 17.7 Å². The maximum Gasteiger partial charge on any atom is 0.333 e. The number of carboxylic acids is 2. The minimum atomic E-state index is -1.29. The Hall–Kier alpha value is -2.61. The van der Waals surface area contributed by atoms with Crippen molar-refractivity contribution in [1.29, 1.82) is 0 Å². The second kappa shape index (κ2) is 6.72. The zero-order chi connectivity index (χ0) is 18.1. The van der Waals surface area contributed by atoms with Crippen molar-refractivity contribution in [2.24, 2.45) is 11.8 Å². The molecular weight excluding hydrogens is 331 g/mol.